The molecule has 0 aromatic heterocycles. The Labute approximate surface area is 153 Å². The molecular weight excluding hydrogens is 344 g/mol. The molecule has 0 aliphatic carbocycles. The van der Waals surface area contributed by atoms with E-state index in [1.54, 1.807) is 18.2 Å². The van der Waals surface area contributed by atoms with Gasteiger partial charge >= 0.3 is 0 Å². The van der Waals surface area contributed by atoms with Crippen molar-refractivity contribution >= 4 is 22.2 Å². The highest BCUT2D eigenvalue weighted by Gasteiger charge is 2.18. The monoisotopic (exact) mass is 360 g/mol. The highest BCUT2D eigenvalue weighted by Crippen LogP contribution is 2.27. The summed E-state index contributed by atoms with van der Waals surface area (Å²) in [5.74, 6) is 0. The van der Waals surface area contributed by atoms with Crippen LogP contribution in [-0.2, 0) is 10.0 Å². The zero-order chi connectivity index (χ0) is 18.4. The zero-order valence-corrected chi connectivity index (χ0v) is 14.6. The topological polar surface area (TPSA) is 70.0 Å². The van der Waals surface area contributed by atoms with Crippen molar-refractivity contribution in [1.82, 2.24) is 4.72 Å². The van der Waals surface area contributed by atoms with Gasteiger partial charge in [-0.15, -0.1) is 0 Å². The van der Waals surface area contributed by atoms with Gasteiger partial charge in [-0.3, -0.25) is 0 Å². The van der Waals surface area contributed by atoms with Gasteiger partial charge in [-0.05, 0) is 22.8 Å². The van der Waals surface area contributed by atoms with E-state index in [1.165, 1.54) is 12.3 Å². The summed E-state index contributed by atoms with van der Waals surface area (Å²) in [6.07, 6.45) is 5.50. The van der Waals surface area contributed by atoms with E-state index in [-0.39, 0.29) is 4.90 Å². The molecule has 26 heavy (non-hydrogen) atoms. The zero-order valence-electron chi connectivity index (χ0n) is 13.8. The van der Waals surface area contributed by atoms with Crippen LogP contribution in [0.5, 0.6) is 0 Å². The maximum atomic E-state index is 12.2. The van der Waals surface area contributed by atoms with Crippen molar-refractivity contribution in [3.05, 3.63) is 90.0 Å². The fourth-order valence-electron chi connectivity index (χ4n) is 2.58. The van der Waals surface area contributed by atoms with E-state index < -0.39 is 10.0 Å². The van der Waals surface area contributed by atoms with Crippen LogP contribution in [-0.4, -0.2) is 8.42 Å². The molecular formula is C21H16N2O2S. The first kappa shape index (κ1) is 17.5. The van der Waals surface area contributed by atoms with Crippen molar-refractivity contribution in [3.8, 4) is 17.3 Å². The van der Waals surface area contributed by atoms with E-state index in [4.69, 9.17) is 5.26 Å². The third kappa shape index (κ3) is 4.00. The van der Waals surface area contributed by atoms with Gasteiger partial charge in [0.25, 0.3) is 10.0 Å². The molecule has 0 unspecified atom stereocenters. The second-order valence-electron chi connectivity index (χ2n) is 5.58. The van der Waals surface area contributed by atoms with Gasteiger partial charge < -0.3 is 0 Å². The molecule has 0 saturated heterocycles. The van der Waals surface area contributed by atoms with Gasteiger partial charge in [0.05, 0.1) is 4.90 Å². The minimum atomic E-state index is -3.87. The molecule has 0 radical (unpaired) electrons. The lowest BCUT2D eigenvalue weighted by Gasteiger charge is -2.09. The Kier molecular flexibility index (Phi) is 5.16. The predicted octanol–water partition coefficient (Wildman–Crippen LogP) is 4.28. The molecule has 0 aliphatic heterocycles. The Morgan fingerprint density at radius 3 is 2.00 bits per heavy atom. The number of nitrogens with one attached hydrogen (secondary N) is 1. The Bertz CT molecular complexity index is 1060. The quantitative estimate of drug-likeness (QED) is 0.419. The highest BCUT2D eigenvalue weighted by atomic mass is 32.2. The van der Waals surface area contributed by atoms with Gasteiger partial charge in [0.2, 0.25) is 0 Å². The molecule has 3 rings (SSSR count). The normalized spacial score (nSPS) is 11.2. The SMILES string of the molecule is N#CNS(=O)(=O)c1ccccc1-c1ccc(C=Cc2ccccc2)cc1. The summed E-state index contributed by atoms with van der Waals surface area (Å²) in [5.41, 5.74) is 3.43. The van der Waals surface area contributed by atoms with E-state index in [0.717, 1.165) is 16.7 Å². The molecule has 3 aromatic rings. The van der Waals surface area contributed by atoms with Gasteiger partial charge in [0.15, 0.2) is 6.19 Å². The Morgan fingerprint density at radius 1 is 0.769 bits per heavy atom. The minimum absolute atomic E-state index is 0.0779. The van der Waals surface area contributed by atoms with Crippen LogP contribution in [0.3, 0.4) is 0 Å². The molecule has 1 N–H and O–H groups in total. The molecule has 0 atom stereocenters. The number of nitrogens with zero attached hydrogens (tertiary/aromatic N) is 1. The fraction of sp³-hybridized carbons (Fsp3) is 0. The van der Waals surface area contributed by atoms with E-state index in [1.807, 2.05) is 71.5 Å². The average Bonchev–Trinajstić information content (AvgIpc) is 2.68. The Morgan fingerprint density at radius 2 is 1.35 bits per heavy atom. The Hall–Kier alpha value is -3.36. The summed E-state index contributed by atoms with van der Waals surface area (Å²) in [6.45, 7) is 0. The Balaban J connectivity index is 1.91. The molecule has 0 heterocycles. The molecule has 0 aliphatic rings. The molecule has 0 saturated carbocycles. The van der Waals surface area contributed by atoms with Crippen molar-refractivity contribution in [3.63, 3.8) is 0 Å². The van der Waals surface area contributed by atoms with E-state index >= 15 is 0 Å². The first-order valence-electron chi connectivity index (χ1n) is 7.94. The summed E-state index contributed by atoms with van der Waals surface area (Å²) in [6, 6.07) is 24.2. The predicted molar refractivity (Wildman–Crippen MR) is 103 cm³/mol. The van der Waals surface area contributed by atoms with Gasteiger partial charge in [0.1, 0.15) is 0 Å². The summed E-state index contributed by atoms with van der Waals surface area (Å²) >= 11 is 0. The van der Waals surface area contributed by atoms with E-state index in [2.05, 4.69) is 0 Å². The number of nitriles is 1. The molecule has 0 bridgehead atoms. The molecule has 5 heteroatoms. The summed E-state index contributed by atoms with van der Waals surface area (Å²) in [4.78, 5) is 0.0779. The van der Waals surface area contributed by atoms with Gasteiger partial charge in [0, 0.05) is 5.56 Å². The van der Waals surface area contributed by atoms with Crippen LogP contribution in [0.2, 0.25) is 0 Å². The lowest BCUT2D eigenvalue weighted by Crippen LogP contribution is -2.18. The lowest BCUT2D eigenvalue weighted by molar-refractivity contribution is 0.591. The van der Waals surface area contributed by atoms with Crippen LogP contribution < -0.4 is 4.72 Å². The van der Waals surface area contributed by atoms with Gasteiger partial charge in [-0.2, -0.15) is 5.26 Å². The standard InChI is InChI=1S/C21H16N2O2S/c22-16-23-26(24,25)21-9-5-4-8-20(21)19-14-12-18(13-15-19)11-10-17-6-2-1-3-7-17/h1-15,23H. The number of benzene rings is 3. The molecule has 0 amide bonds. The third-order valence-electron chi connectivity index (χ3n) is 3.85. The number of hydrogen-bond donors (Lipinski definition) is 1. The van der Waals surface area contributed by atoms with Gasteiger partial charge in [-0.25, -0.2) is 13.1 Å². The fourth-order valence-corrected chi connectivity index (χ4v) is 3.55. The van der Waals surface area contributed by atoms with Crippen LogP contribution in [0.15, 0.2) is 83.8 Å². The lowest BCUT2D eigenvalue weighted by atomic mass is 10.0. The van der Waals surface area contributed by atoms with Crippen molar-refractivity contribution < 1.29 is 8.42 Å². The minimum Gasteiger partial charge on any atom is -0.215 e. The van der Waals surface area contributed by atoms with Crippen molar-refractivity contribution in [2.75, 3.05) is 0 Å². The summed E-state index contributed by atoms with van der Waals surface area (Å²) in [5, 5.41) is 8.67. The largest absolute Gasteiger partial charge is 0.270 e. The van der Waals surface area contributed by atoms with Crippen molar-refractivity contribution in [2.45, 2.75) is 4.90 Å². The average molecular weight is 360 g/mol. The van der Waals surface area contributed by atoms with E-state index in [9.17, 15) is 8.42 Å². The van der Waals surface area contributed by atoms with Crippen molar-refractivity contribution in [1.29, 1.82) is 5.26 Å². The maximum absolute atomic E-state index is 12.2. The first-order valence-corrected chi connectivity index (χ1v) is 9.42. The maximum Gasteiger partial charge on any atom is 0.270 e. The first-order chi connectivity index (χ1) is 12.6. The van der Waals surface area contributed by atoms with Crippen LogP contribution >= 0.6 is 0 Å². The second kappa shape index (κ2) is 7.68. The third-order valence-corrected chi connectivity index (χ3v) is 5.14. The van der Waals surface area contributed by atoms with Crippen LogP contribution in [0, 0.1) is 11.5 Å². The number of rotatable bonds is 5. The number of sulfonamides is 1. The van der Waals surface area contributed by atoms with E-state index in [0.29, 0.717) is 5.56 Å². The molecule has 4 nitrogen and oxygen atoms in total. The van der Waals surface area contributed by atoms with Crippen LogP contribution in [0.4, 0.5) is 0 Å². The molecule has 0 spiro atoms. The number of hydrogen-bond acceptors (Lipinski definition) is 3. The highest BCUT2D eigenvalue weighted by molar-refractivity contribution is 7.89. The second-order valence-corrected chi connectivity index (χ2v) is 7.23. The molecule has 128 valence electrons. The molecule has 3 aromatic carbocycles. The molecule has 0 fully saturated rings. The summed E-state index contributed by atoms with van der Waals surface area (Å²) in [7, 11) is -3.87. The van der Waals surface area contributed by atoms with Gasteiger partial charge in [-0.1, -0.05) is 84.9 Å². The van der Waals surface area contributed by atoms with Crippen LogP contribution in [0.25, 0.3) is 23.3 Å². The summed E-state index contributed by atoms with van der Waals surface area (Å²) < 4.78 is 26.3. The van der Waals surface area contributed by atoms with Crippen LogP contribution in [0.1, 0.15) is 11.1 Å². The van der Waals surface area contributed by atoms with Crippen molar-refractivity contribution in [2.24, 2.45) is 0 Å². The smallest absolute Gasteiger partial charge is 0.215 e.